The molecule has 4 N–H and O–H groups in total. The molecule has 4 heterocycles. The summed E-state index contributed by atoms with van der Waals surface area (Å²) in [7, 11) is 2.73. The van der Waals surface area contributed by atoms with Gasteiger partial charge in [0.2, 0.25) is 6.08 Å². The largest absolute Gasteiger partial charge is 0.453 e. The van der Waals surface area contributed by atoms with Crippen molar-refractivity contribution in [3.8, 4) is 0 Å². The molecule has 18 heteroatoms. The summed E-state index contributed by atoms with van der Waals surface area (Å²) in [6, 6.07) is 16.4. The lowest BCUT2D eigenvalue weighted by molar-refractivity contribution is 0.0880. The van der Waals surface area contributed by atoms with Crippen molar-refractivity contribution < 1.29 is 41.8 Å². The van der Waals surface area contributed by atoms with E-state index in [1.165, 1.54) is 38.8 Å². The highest BCUT2D eigenvalue weighted by Crippen LogP contribution is 2.21. The minimum absolute atomic E-state index is 0. The molecule has 0 unspecified atom stereocenters. The molecule has 2 aromatic heterocycles. The van der Waals surface area contributed by atoms with E-state index in [1.54, 1.807) is 64.4 Å². The summed E-state index contributed by atoms with van der Waals surface area (Å²) in [4.78, 5) is 63.6. The molecule has 0 spiro atoms. The van der Waals surface area contributed by atoms with Crippen molar-refractivity contribution in [1.82, 2.24) is 29.6 Å². The van der Waals surface area contributed by atoms with Gasteiger partial charge in [0.1, 0.15) is 0 Å². The molecule has 2 aliphatic rings. The number of urea groups is 1. The van der Waals surface area contributed by atoms with Crippen molar-refractivity contribution in [3.63, 3.8) is 0 Å². The number of isocyanates is 1. The lowest BCUT2D eigenvalue weighted by Crippen LogP contribution is -2.48. The van der Waals surface area contributed by atoms with Crippen molar-refractivity contribution in [1.29, 1.82) is 0 Å². The number of aromatic nitrogens is 2. The molecule has 0 aliphatic carbocycles. The first-order valence-electron chi connectivity index (χ1n) is 19.3. The van der Waals surface area contributed by atoms with Gasteiger partial charge in [-0.2, -0.15) is 4.99 Å². The standard InChI is InChI=1S/C20H24FN5O3.C13H18FN3O2.C7H6N2O.2H2/c1-14-6-7-16(12-22-14)23-19(27)24-17-5-3-4-15(18(17)21)13-25-8-10-26(11-9-25)20(28)29-2;1-19-13(18)17-7-5-16(6-8-17)9-10-3-2-4-11(15)12(10)14;1-6-2-3-7(4-8-6)9-5-10;;/h3-7,12H,8-11,13H2,1-2H3,(H2,23,24,27);2-4H,5-9,15H2,1H3;2-4H,1H3;2*1H/i;;;1+1D;1+1. The number of nitrogen functional groups attached to an aromatic ring is 1. The van der Waals surface area contributed by atoms with E-state index in [1.807, 2.05) is 13.8 Å². The van der Waals surface area contributed by atoms with Crippen LogP contribution in [0.2, 0.25) is 0 Å². The fourth-order valence-electron chi connectivity index (χ4n) is 5.84. The molecule has 2 saturated heterocycles. The molecule has 2 aromatic carbocycles. The van der Waals surface area contributed by atoms with E-state index in [0.717, 1.165) is 11.4 Å². The number of piperazine rings is 2. The van der Waals surface area contributed by atoms with Gasteiger partial charge in [-0.25, -0.2) is 28.0 Å². The highest BCUT2D eigenvalue weighted by atomic mass is 19.1. The molecule has 58 heavy (non-hydrogen) atoms. The van der Waals surface area contributed by atoms with E-state index in [0.29, 0.717) is 87.9 Å². The molecule has 0 radical (unpaired) electrons. The second kappa shape index (κ2) is 22.3. The van der Waals surface area contributed by atoms with E-state index in [-0.39, 0.29) is 30.8 Å². The smallest absolute Gasteiger partial charge is 0.409 e. The van der Waals surface area contributed by atoms with Crippen LogP contribution in [0.3, 0.4) is 0 Å². The Morgan fingerprint density at radius 3 is 1.76 bits per heavy atom. The second-order valence-electron chi connectivity index (χ2n) is 13.2. The monoisotopic (exact) mass is 809 g/mol. The fraction of sp³-hybridized carbons (Fsp3) is 0.350. The molecule has 16 nitrogen and oxygen atoms in total. The third-order valence-electron chi connectivity index (χ3n) is 9.07. The molecule has 6 rings (SSSR count). The molecule has 4 aromatic rings. The zero-order valence-electron chi connectivity index (χ0n) is 34.9. The zero-order valence-corrected chi connectivity index (χ0v) is 32.9. The fourth-order valence-corrected chi connectivity index (χ4v) is 5.84. The van der Waals surface area contributed by atoms with Gasteiger partial charge in [-0.1, -0.05) is 24.3 Å². The number of pyridine rings is 2. The number of amides is 4. The van der Waals surface area contributed by atoms with Crippen LogP contribution in [0.1, 0.15) is 26.9 Å². The molecule has 312 valence electrons. The van der Waals surface area contributed by atoms with Gasteiger partial charge in [0.05, 0.1) is 49.4 Å². The maximum Gasteiger partial charge on any atom is 0.409 e. The SMILES string of the molecule is COC(=O)N1CCN(Cc2cccc(N)c2F)CC1.COC(=O)N1CCN(Cc2cccc(NC(=O)Nc3ccc(C)nc3)c2F)CC1.Cc1ccc(N=C=O)cn1.[2HH].[2H][2H]. The summed E-state index contributed by atoms with van der Waals surface area (Å²) >= 11 is 0. The van der Waals surface area contributed by atoms with Gasteiger partial charge in [-0.05, 0) is 50.2 Å². The Morgan fingerprint density at radius 1 is 0.759 bits per heavy atom. The van der Waals surface area contributed by atoms with Gasteiger partial charge in [0.15, 0.2) is 11.6 Å². The number of hydrogen-bond donors (Lipinski definition) is 3. The maximum atomic E-state index is 14.9. The predicted molar refractivity (Wildman–Crippen MR) is 218 cm³/mol. The average Bonchev–Trinajstić information content (AvgIpc) is 3.27. The summed E-state index contributed by atoms with van der Waals surface area (Å²) in [6.07, 6.45) is 3.84. The van der Waals surface area contributed by atoms with Crippen molar-refractivity contribution >= 4 is 47.0 Å². The van der Waals surface area contributed by atoms with E-state index in [9.17, 15) is 28.0 Å². The van der Waals surface area contributed by atoms with E-state index in [2.05, 4.69) is 40.1 Å². The highest BCUT2D eigenvalue weighted by molar-refractivity contribution is 5.99. The highest BCUT2D eigenvalue weighted by Gasteiger charge is 2.24. The first-order valence-corrected chi connectivity index (χ1v) is 18.3. The average molecular weight is 810 g/mol. The molecular formula is C40H52F2N10O6. The number of anilines is 3. The molecule has 0 saturated carbocycles. The van der Waals surface area contributed by atoms with Crippen LogP contribution >= 0.6 is 0 Å². The van der Waals surface area contributed by atoms with Crippen molar-refractivity contribution in [3.05, 3.63) is 107 Å². The number of ether oxygens (including phenoxy) is 2. The van der Waals surface area contributed by atoms with E-state index >= 15 is 0 Å². The minimum Gasteiger partial charge on any atom is -0.453 e. The van der Waals surface area contributed by atoms with Gasteiger partial charge >= 0.3 is 18.2 Å². The summed E-state index contributed by atoms with van der Waals surface area (Å²) in [5.41, 5.74) is 9.69. The molecule has 2 fully saturated rings. The van der Waals surface area contributed by atoms with Crippen molar-refractivity contribution in [2.75, 3.05) is 82.9 Å². The summed E-state index contributed by atoms with van der Waals surface area (Å²) in [5, 5.41) is 5.17. The number of nitrogens with zero attached hydrogens (tertiary/aromatic N) is 7. The van der Waals surface area contributed by atoms with Crippen molar-refractivity contribution in [2.24, 2.45) is 4.99 Å². The number of nitrogens with two attached hydrogens (primary N) is 1. The van der Waals surface area contributed by atoms with Gasteiger partial charge in [-0.3, -0.25) is 19.8 Å². The van der Waals surface area contributed by atoms with Gasteiger partial charge in [-0.15, -0.1) is 0 Å². The lowest BCUT2D eigenvalue weighted by atomic mass is 10.1. The molecular weight excluding hydrogens is 754 g/mol. The molecule has 0 atom stereocenters. The Morgan fingerprint density at radius 2 is 1.28 bits per heavy atom. The number of hydrogen-bond acceptors (Lipinski definition) is 12. The van der Waals surface area contributed by atoms with Crippen LogP contribution in [0.15, 0.2) is 78.0 Å². The second-order valence-corrected chi connectivity index (χ2v) is 13.2. The Labute approximate surface area is 340 Å². The number of halogens is 2. The summed E-state index contributed by atoms with van der Waals surface area (Å²) < 4.78 is 48.0. The van der Waals surface area contributed by atoms with Crippen molar-refractivity contribution in [2.45, 2.75) is 26.9 Å². The van der Waals surface area contributed by atoms with Gasteiger partial charge < -0.3 is 35.6 Å². The zero-order chi connectivity index (χ0) is 44.0. The Bertz CT molecular complexity index is 2040. The number of nitrogens with one attached hydrogen (secondary N) is 2. The number of rotatable bonds is 7. The number of methoxy groups -OCH3 is 2. The number of carbonyl (C=O) groups excluding carboxylic acids is 4. The number of carbonyl (C=O) groups is 3. The van der Waals surface area contributed by atoms with Crippen LogP contribution in [-0.2, 0) is 27.4 Å². The topological polar surface area (TPSA) is 188 Å². The first kappa shape index (κ1) is 42.6. The van der Waals surface area contributed by atoms with E-state index < -0.39 is 11.8 Å². The normalized spacial score (nSPS) is 14.2. The lowest BCUT2D eigenvalue weighted by Gasteiger charge is -2.33. The van der Waals surface area contributed by atoms with Crippen LogP contribution in [-0.4, -0.2) is 120 Å². The predicted octanol–water partition coefficient (Wildman–Crippen LogP) is 6.20. The Kier molecular flexibility index (Phi) is 16.4. The molecule has 0 bridgehead atoms. The molecule has 2 aliphatic heterocycles. The van der Waals surface area contributed by atoms with Crippen LogP contribution in [0.25, 0.3) is 0 Å². The Hall–Kier alpha value is -6.49. The first-order chi connectivity index (χ1) is 28.9. The third-order valence-corrected chi connectivity index (χ3v) is 9.07. The minimum atomic E-state index is -0.543. The van der Waals surface area contributed by atoms with Gasteiger partial charge in [0.25, 0.3) is 0 Å². The molecule has 4 amide bonds. The maximum absolute atomic E-state index is 14.9. The van der Waals surface area contributed by atoms with Crippen LogP contribution in [0.5, 0.6) is 0 Å². The Balaban J connectivity index is 0.000000343. The summed E-state index contributed by atoms with van der Waals surface area (Å²) in [6.45, 7) is 9.48. The summed E-state index contributed by atoms with van der Waals surface area (Å²) in [5.74, 6) is -0.821. The van der Waals surface area contributed by atoms with E-state index in [4.69, 9.17) is 13.4 Å². The quantitative estimate of drug-likeness (QED) is 0.110. The number of aliphatic imine (C=N–C) groups is 1. The van der Waals surface area contributed by atoms with Crippen LogP contribution in [0, 0.1) is 25.5 Å². The van der Waals surface area contributed by atoms with Crippen LogP contribution in [0.4, 0.5) is 45.9 Å². The third kappa shape index (κ3) is 13.6. The number of aryl methyl sites for hydroxylation is 2. The number of benzene rings is 2. The van der Waals surface area contributed by atoms with Crippen LogP contribution < -0.4 is 16.4 Å². The van der Waals surface area contributed by atoms with Gasteiger partial charge in [0, 0.05) is 92.4 Å².